The van der Waals surface area contributed by atoms with Crippen molar-refractivity contribution in [2.75, 3.05) is 31.1 Å². The Kier molecular flexibility index (Phi) is 4.67. The molecule has 0 unspecified atom stereocenters. The quantitative estimate of drug-likeness (QED) is 0.624. The van der Waals surface area contributed by atoms with E-state index in [2.05, 4.69) is 32.8 Å². The molecule has 0 atom stereocenters. The van der Waals surface area contributed by atoms with Gasteiger partial charge in [0.1, 0.15) is 5.75 Å². The number of halogens is 2. The van der Waals surface area contributed by atoms with E-state index in [4.69, 9.17) is 0 Å². The number of nitrogens with one attached hydrogen (secondary N) is 1. The molecule has 1 aromatic carbocycles. The first-order valence-corrected chi connectivity index (χ1v) is 8.67. The van der Waals surface area contributed by atoms with E-state index >= 15 is 0 Å². The highest BCUT2D eigenvalue weighted by atomic mass is 127. The molecule has 1 N–H and O–H groups in total. The first-order valence-electron chi connectivity index (χ1n) is 6.04. The lowest BCUT2D eigenvalue weighted by atomic mass is 10.1. The van der Waals surface area contributed by atoms with Gasteiger partial charge in [0.2, 0.25) is 0 Å². The standard InChI is InChI=1S/C12H16FIN2O2S/c1-9-11(14)6-10(8-19(13,17)18)7-12(9)16-4-2-15-3-5-16/h6-7,15H,2-5,8H2,1H3. The molecule has 1 saturated heterocycles. The average Bonchev–Trinajstić information content (AvgIpc) is 2.33. The van der Waals surface area contributed by atoms with Gasteiger partial charge in [0.05, 0.1) is 0 Å². The van der Waals surface area contributed by atoms with E-state index in [0.717, 1.165) is 41.0 Å². The molecule has 106 valence electrons. The van der Waals surface area contributed by atoms with Gasteiger partial charge in [0.25, 0.3) is 0 Å². The summed E-state index contributed by atoms with van der Waals surface area (Å²) in [6, 6.07) is 3.53. The third-order valence-corrected chi connectivity index (χ3v) is 4.97. The third-order valence-electron chi connectivity index (χ3n) is 3.17. The van der Waals surface area contributed by atoms with Gasteiger partial charge in [-0.3, -0.25) is 0 Å². The fraction of sp³-hybridized carbons (Fsp3) is 0.500. The van der Waals surface area contributed by atoms with E-state index in [9.17, 15) is 12.3 Å². The third kappa shape index (κ3) is 4.03. The van der Waals surface area contributed by atoms with E-state index < -0.39 is 16.0 Å². The molecule has 1 aliphatic heterocycles. The van der Waals surface area contributed by atoms with Gasteiger partial charge < -0.3 is 10.2 Å². The Hall–Kier alpha value is -0.410. The molecular formula is C12H16FIN2O2S. The van der Waals surface area contributed by atoms with E-state index in [1.54, 1.807) is 12.1 Å². The predicted octanol–water partition coefficient (Wildman–Crippen LogP) is 1.81. The Bertz CT molecular complexity index is 571. The monoisotopic (exact) mass is 398 g/mol. The van der Waals surface area contributed by atoms with Gasteiger partial charge in [-0.2, -0.15) is 8.42 Å². The van der Waals surface area contributed by atoms with Crippen LogP contribution in [0.2, 0.25) is 0 Å². The smallest absolute Gasteiger partial charge is 0.306 e. The zero-order chi connectivity index (χ0) is 14.0. The predicted molar refractivity (Wildman–Crippen MR) is 82.7 cm³/mol. The topological polar surface area (TPSA) is 49.4 Å². The summed E-state index contributed by atoms with van der Waals surface area (Å²) in [6.07, 6.45) is 0. The molecule has 0 aliphatic carbocycles. The van der Waals surface area contributed by atoms with Crippen molar-refractivity contribution < 1.29 is 12.3 Å². The van der Waals surface area contributed by atoms with Crippen LogP contribution in [0.3, 0.4) is 0 Å². The number of hydrogen-bond donors (Lipinski definition) is 1. The summed E-state index contributed by atoms with van der Waals surface area (Å²) in [7, 11) is -4.49. The molecular weight excluding hydrogens is 382 g/mol. The second-order valence-electron chi connectivity index (χ2n) is 4.64. The van der Waals surface area contributed by atoms with Crippen LogP contribution in [-0.2, 0) is 16.0 Å². The van der Waals surface area contributed by atoms with Crippen LogP contribution in [0, 0.1) is 10.5 Å². The highest BCUT2D eigenvalue weighted by Gasteiger charge is 2.17. The first kappa shape index (κ1) is 15.0. The number of nitrogens with zero attached hydrogens (tertiary/aromatic N) is 1. The van der Waals surface area contributed by atoms with E-state index in [1.807, 2.05) is 6.92 Å². The molecule has 1 aliphatic rings. The van der Waals surface area contributed by atoms with Gasteiger partial charge in [-0.1, -0.05) is 0 Å². The van der Waals surface area contributed by atoms with Crippen LogP contribution in [0.15, 0.2) is 12.1 Å². The molecule has 2 rings (SSSR count). The molecule has 0 aromatic heterocycles. The summed E-state index contributed by atoms with van der Waals surface area (Å²) in [5, 5.41) is 3.27. The summed E-state index contributed by atoms with van der Waals surface area (Å²) >= 11 is 2.16. The molecule has 0 radical (unpaired) electrons. The van der Waals surface area contributed by atoms with Crippen molar-refractivity contribution >= 4 is 38.5 Å². The number of anilines is 1. The normalized spacial score (nSPS) is 16.7. The maximum atomic E-state index is 12.8. The molecule has 0 bridgehead atoms. The molecule has 1 heterocycles. The highest BCUT2D eigenvalue weighted by molar-refractivity contribution is 14.1. The SMILES string of the molecule is Cc1c(I)cc(CS(=O)(=O)F)cc1N1CCNCC1. The van der Waals surface area contributed by atoms with Crippen LogP contribution in [0.5, 0.6) is 0 Å². The maximum absolute atomic E-state index is 12.8. The Balaban J connectivity index is 2.36. The fourth-order valence-electron chi connectivity index (χ4n) is 2.24. The van der Waals surface area contributed by atoms with Crippen molar-refractivity contribution in [1.29, 1.82) is 0 Å². The Morgan fingerprint density at radius 2 is 2.00 bits per heavy atom. The van der Waals surface area contributed by atoms with Crippen LogP contribution >= 0.6 is 22.6 Å². The van der Waals surface area contributed by atoms with Gasteiger partial charge in [-0.25, -0.2) is 0 Å². The Labute approximate surface area is 126 Å². The van der Waals surface area contributed by atoms with E-state index in [0.29, 0.717) is 5.56 Å². The second-order valence-corrected chi connectivity index (χ2v) is 7.17. The minimum absolute atomic E-state index is 0.506. The van der Waals surface area contributed by atoms with Crippen molar-refractivity contribution in [2.45, 2.75) is 12.7 Å². The van der Waals surface area contributed by atoms with Crippen molar-refractivity contribution in [3.63, 3.8) is 0 Å². The molecule has 0 saturated carbocycles. The van der Waals surface area contributed by atoms with Gasteiger partial charge in [-0.05, 0) is 52.8 Å². The summed E-state index contributed by atoms with van der Waals surface area (Å²) in [5.74, 6) is -0.553. The second kappa shape index (κ2) is 5.92. The summed E-state index contributed by atoms with van der Waals surface area (Å²) in [6.45, 7) is 5.57. The van der Waals surface area contributed by atoms with Gasteiger partial charge in [0, 0.05) is 35.4 Å². The zero-order valence-electron chi connectivity index (χ0n) is 10.6. The number of benzene rings is 1. The van der Waals surface area contributed by atoms with Crippen LogP contribution in [0.4, 0.5) is 9.57 Å². The van der Waals surface area contributed by atoms with E-state index in [-0.39, 0.29) is 0 Å². The van der Waals surface area contributed by atoms with Crippen molar-refractivity contribution in [3.05, 3.63) is 26.8 Å². The number of piperazine rings is 1. The van der Waals surface area contributed by atoms with Crippen molar-refractivity contribution in [1.82, 2.24) is 5.32 Å². The molecule has 1 fully saturated rings. The number of hydrogen-bond acceptors (Lipinski definition) is 4. The van der Waals surface area contributed by atoms with Crippen molar-refractivity contribution in [3.8, 4) is 0 Å². The Morgan fingerprint density at radius 1 is 1.37 bits per heavy atom. The van der Waals surface area contributed by atoms with Gasteiger partial charge in [-0.15, -0.1) is 3.89 Å². The first-order chi connectivity index (χ1) is 8.87. The largest absolute Gasteiger partial charge is 0.369 e. The highest BCUT2D eigenvalue weighted by Crippen LogP contribution is 2.28. The van der Waals surface area contributed by atoms with Crippen LogP contribution in [-0.4, -0.2) is 34.6 Å². The molecule has 7 heteroatoms. The van der Waals surface area contributed by atoms with Crippen LogP contribution in [0.25, 0.3) is 0 Å². The summed E-state index contributed by atoms with van der Waals surface area (Å²) in [5.41, 5.74) is 2.63. The number of rotatable bonds is 3. The van der Waals surface area contributed by atoms with Gasteiger partial charge >= 0.3 is 10.2 Å². The fourth-order valence-corrected chi connectivity index (χ4v) is 3.48. The van der Waals surface area contributed by atoms with Gasteiger partial charge in [0.15, 0.2) is 0 Å². The van der Waals surface area contributed by atoms with Crippen LogP contribution < -0.4 is 10.2 Å². The lowest BCUT2D eigenvalue weighted by Gasteiger charge is -2.31. The minimum Gasteiger partial charge on any atom is -0.369 e. The van der Waals surface area contributed by atoms with Crippen molar-refractivity contribution in [2.24, 2.45) is 0 Å². The molecule has 0 amide bonds. The minimum atomic E-state index is -4.49. The van der Waals surface area contributed by atoms with E-state index in [1.165, 1.54) is 0 Å². The Morgan fingerprint density at radius 3 is 2.58 bits per heavy atom. The lowest BCUT2D eigenvalue weighted by Crippen LogP contribution is -2.43. The molecule has 19 heavy (non-hydrogen) atoms. The average molecular weight is 398 g/mol. The molecule has 1 aromatic rings. The molecule has 4 nitrogen and oxygen atoms in total. The summed E-state index contributed by atoms with van der Waals surface area (Å²) in [4.78, 5) is 2.21. The maximum Gasteiger partial charge on any atom is 0.306 e. The lowest BCUT2D eigenvalue weighted by molar-refractivity contribution is 0.551. The molecule has 0 spiro atoms. The summed E-state index contributed by atoms with van der Waals surface area (Å²) < 4.78 is 35.4. The van der Waals surface area contributed by atoms with Crippen LogP contribution in [0.1, 0.15) is 11.1 Å². The zero-order valence-corrected chi connectivity index (χ0v) is 13.6.